The van der Waals surface area contributed by atoms with Crippen molar-refractivity contribution in [2.75, 3.05) is 6.54 Å². The van der Waals surface area contributed by atoms with Gasteiger partial charge in [-0.15, -0.1) is 0 Å². The number of carbonyl (C=O) groups excluding carboxylic acids is 1. The van der Waals surface area contributed by atoms with Gasteiger partial charge >= 0.3 is 0 Å². The van der Waals surface area contributed by atoms with E-state index in [-0.39, 0.29) is 5.91 Å². The largest absolute Gasteiger partial charge is 0.469 e. The maximum Gasteiger partial charge on any atom is 0.254 e. The van der Waals surface area contributed by atoms with E-state index in [1.54, 1.807) is 6.07 Å². The lowest BCUT2D eigenvalue weighted by Gasteiger charge is -2.05. The van der Waals surface area contributed by atoms with Crippen molar-refractivity contribution in [3.8, 4) is 0 Å². The Morgan fingerprint density at radius 2 is 1.95 bits per heavy atom. The molecule has 0 atom stereocenters. The number of rotatable bonds is 5. The van der Waals surface area contributed by atoms with E-state index >= 15 is 0 Å². The Morgan fingerprint density at radius 1 is 1.26 bits per heavy atom. The predicted molar refractivity (Wildman–Crippen MR) is 73.8 cm³/mol. The molecule has 0 bridgehead atoms. The number of carbonyl (C=O) groups is 1. The Balaban J connectivity index is 1.89. The van der Waals surface area contributed by atoms with Crippen LogP contribution >= 0.6 is 0 Å². The Labute approximate surface area is 112 Å². The number of hydrogen-bond acceptors (Lipinski definition) is 3. The third-order valence-corrected chi connectivity index (χ3v) is 2.90. The van der Waals surface area contributed by atoms with E-state index in [2.05, 4.69) is 5.32 Å². The SMILES string of the molecule is Cc1cc(C(=O)NCc2ccc(CCN)cc2)co1. The number of hydrogen-bond donors (Lipinski definition) is 2. The van der Waals surface area contributed by atoms with Gasteiger partial charge in [-0.25, -0.2) is 0 Å². The van der Waals surface area contributed by atoms with Crippen LogP contribution in [0.15, 0.2) is 41.0 Å². The lowest BCUT2D eigenvalue weighted by molar-refractivity contribution is 0.0950. The minimum atomic E-state index is -0.122. The summed E-state index contributed by atoms with van der Waals surface area (Å²) in [5, 5.41) is 2.86. The van der Waals surface area contributed by atoms with Crippen molar-refractivity contribution in [3.63, 3.8) is 0 Å². The van der Waals surface area contributed by atoms with Gasteiger partial charge in [0, 0.05) is 6.54 Å². The number of amides is 1. The van der Waals surface area contributed by atoms with Crippen molar-refractivity contribution in [1.82, 2.24) is 5.32 Å². The quantitative estimate of drug-likeness (QED) is 0.862. The summed E-state index contributed by atoms with van der Waals surface area (Å²) in [4.78, 5) is 11.8. The predicted octanol–water partition coefficient (Wildman–Crippen LogP) is 2.02. The lowest BCUT2D eigenvalue weighted by atomic mass is 10.1. The number of aryl methyl sites for hydroxylation is 1. The van der Waals surface area contributed by atoms with Crippen LogP contribution in [0.25, 0.3) is 0 Å². The first-order chi connectivity index (χ1) is 9.19. The number of benzene rings is 1. The Hall–Kier alpha value is -2.07. The molecule has 0 spiro atoms. The van der Waals surface area contributed by atoms with E-state index in [1.165, 1.54) is 11.8 Å². The normalized spacial score (nSPS) is 10.4. The minimum absolute atomic E-state index is 0.122. The Kier molecular flexibility index (Phi) is 4.36. The van der Waals surface area contributed by atoms with Gasteiger partial charge in [-0.3, -0.25) is 4.79 Å². The second-order valence-corrected chi connectivity index (χ2v) is 4.48. The highest BCUT2D eigenvalue weighted by atomic mass is 16.3. The maximum absolute atomic E-state index is 11.8. The van der Waals surface area contributed by atoms with Gasteiger partial charge in [0.05, 0.1) is 5.56 Å². The molecule has 0 aliphatic carbocycles. The van der Waals surface area contributed by atoms with Crippen LogP contribution in [-0.4, -0.2) is 12.5 Å². The molecule has 1 amide bonds. The zero-order chi connectivity index (χ0) is 13.7. The highest BCUT2D eigenvalue weighted by Crippen LogP contribution is 2.07. The van der Waals surface area contributed by atoms with Gasteiger partial charge in [-0.2, -0.15) is 0 Å². The zero-order valence-electron chi connectivity index (χ0n) is 11.0. The van der Waals surface area contributed by atoms with E-state index in [4.69, 9.17) is 10.2 Å². The molecule has 0 unspecified atom stereocenters. The average molecular weight is 258 g/mol. The summed E-state index contributed by atoms with van der Waals surface area (Å²) in [5.74, 6) is 0.610. The molecule has 0 fully saturated rings. The van der Waals surface area contributed by atoms with Crippen molar-refractivity contribution in [2.24, 2.45) is 5.73 Å². The fourth-order valence-electron chi connectivity index (χ4n) is 1.84. The molecule has 0 radical (unpaired) electrons. The molecule has 4 nitrogen and oxygen atoms in total. The van der Waals surface area contributed by atoms with Gasteiger partial charge < -0.3 is 15.5 Å². The highest BCUT2D eigenvalue weighted by molar-refractivity contribution is 5.93. The third-order valence-electron chi connectivity index (χ3n) is 2.90. The molecular weight excluding hydrogens is 240 g/mol. The molecule has 0 aliphatic heterocycles. The van der Waals surface area contributed by atoms with Gasteiger partial charge in [0.15, 0.2) is 0 Å². The van der Waals surface area contributed by atoms with Crippen molar-refractivity contribution in [3.05, 3.63) is 59.0 Å². The molecule has 1 aromatic carbocycles. The second-order valence-electron chi connectivity index (χ2n) is 4.48. The van der Waals surface area contributed by atoms with Gasteiger partial charge in [-0.1, -0.05) is 24.3 Å². The fraction of sp³-hybridized carbons (Fsp3) is 0.267. The number of furan rings is 1. The van der Waals surface area contributed by atoms with Crippen molar-refractivity contribution in [1.29, 1.82) is 0 Å². The summed E-state index contributed by atoms with van der Waals surface area (Å²) < 4.78 is 5.11. The summed E-state index contributed by atoms with van der Waals surface area (Å²) >= 11 is 0. The summed E-state index contributed by atoms with van der Waals surface area (Å²) in [7, 11) is 0. The number of nitrogens with one attached hydrogen (secondary N) is 1. The highest BCUT2D eigenvalue weighted by Gasteiger charge is 2.07. The Morgan fingerprint density at radius 3 is 2.53 bits per heavy atom. The van der Waals surface area contributed by atoms with Crippen molar-refractivity contribution >= 4 is 5.91 Å². The summed E-state index contributed by atoms with van der Waals surface area (Å²) in [5.41, 5.74) is 8.33. The first-order valence-corrected chi connectivity index (χ1v) is 6.30. The summed E-state index contributed by atoms with van der Waals surface area (Å²) in [6, 6.07) is 9.81. The van der Waals surface area contributed by atoms with Crippen LogP contribution < -0.4 is 11.1 Å². The molecule has 3 N–H and O–H groups in total. The summed E-state index contributed by atoms with van der Waals surface area (Å²) in [6.45, 7) is 2.97. The van der Waals surface area contributed by atoms with E-state index in [9.17, 15) is 4.79 Å². The molecule has 2 aromatic rings. The van der Waals surface area contributed by atoms with Crippen LogP contribution in [0.4, 0.5) is 0 Å². The number of nitrogens with two attached hydrogens (primary N) is 1. The molecule has 19 heavy (non-hydrogen) atoms. The molecular formula is C15H18N2O2. The molecule has 4 heteroatoms. The van der Waals surface area contributed by atoms with Crippen LogP contribution in [0.2, 0.25) is 0 Å². The van der Waals surface area contributed by atoms with Gasteiger partial charge in [-0.05, 0) is 37.1 Å². The molecule has 100 valence electrons. The Bertz CT molecular complexity index is 544. The van der Waals surface area contributed by atoms with E-state index < -0.39 is 0 Å². The lowest BCUT2D eigenvalue weighted by Crippen LogP contribution is -2.22. The van der Waals surface area contributed by atoms with Crippen molar-refractivity contribution < 1.29 is 9.21 Å². The molecule has 1 aromatic heterocycles. The van der Waals surface area contributed by atoms with E-state index in [1.807, 2.05) is 31.2 Å². The van der Waals surface area contributed by atoms with E-state index in [0.717, 1.165) is 17.7 Å². The first kappa shape index (κ1) is 13.4. The molecule has 1 heterocycles. The first-order valence-electron chi connectivity index (χ1n) is 6.30. The molecule has 2 rings (SSSR count). The van der Waals surface area contributed by atoms with Gasteiger partial charge in [0.2, 0.25) is 0 Å². The zero-order valence-corrected chi connectivity index (χ0v) is 11.0. The minimum Gasteiger partial charge on any atom is -0.469 e. The summed E-state index contributed by atoms with van der Waals surface area (Å²) in [6.07, 6.45) is 2.34. The van der Waals surface area contributed by atoms with Crippen LogP contribution in [0.1, 0.15) is 27.2 Å². The third kappa shape index (κ3) is 3.69. The van der Waals surface area contributed by atoms with Gasteiger partial charge in [0.1, 0.15) is 12.0 Å². The standard InChI is InChI=1S/C15H18N2O2/c1-11-8-14(10-19-11)15(18)17-9-13-4-2-12(3-5-13)6-7-16/h2-5,8,10H,6-7,9,16H2,1H3,(H,17,18). The van der Waals surface area contributed by atoms with E-state index in [0.29, 0.717) is 18.7 Å². The van der Waals surface area contributed by atoms with Crippen LogP contribution in [-0.2, 0) is 13.0 Å². The molecule has 0 saturated heterocycles. The fourth-order valence-corrected chi connectivity index (χ4v) is 1.84. The smallest absolute Gasteiger partial charge is 0.254 e. The maximum atomic E-state index is 11.8. The molecule has 0 aliphatic rings. The van der Waals surface area contributed by atoms with Crippen LogP contribution in [0.3, 0.4) is 0 Å². The molecule has 0 saturated carbocycles. The van der Waals surface area contributed by atoms with Crippen LogP contribution in [0, 0.1) is 6.92 Å². The average Bonchev–Trinajstić information content (AvgIpc) is 2.85. The van der Waals surface area contributed by atoms with Gasteiger partial charge in [0.25, 0.3) is 5.91 Å². The monoisotopic (exact) mass is 258 g/mol. The van der Waals surface area contributed by atoms with Crippen molar-refractivity contribution in [2.45, 2.75) is 19.9 Å². The van der Waals surface area contributed by atoms with Crippen LogP contribution in [0.5, 0.6) is 0 Å². The second kappa shape index (κ2) is 6.20. The topological polar surface area (TPSA) is 68.3 Å².